The van der Waals surface area contributed by atoms with Crippen LogP contribution in [0.2, 0.25) is 0 Å². The van der Waals surface area contributed by atoms with Gasteiger partial charge in [0.25, 0.3) is 0 Å². The van der Waals surface area contributed by atoms with E-state index < -0.39 is 22.8 Å². The number of rotatable bonds is 5. The number of benzene rings is 2. The third-order valence-electron chi connectivity index (χ3n) is 3.22. The molecule has 0 saturated carbocycles. The van der Waals surface area contributed by atoms with Crippen LogP contribution in [0.1, 0.15) is 22.9 Å². The van der Waals surface area contributed by atoms with Crippen LogP contribution in [0.15, 0.2) is 36.4 Å². The van der Waals surface area contributed by atoms with Crippen LogP contribution in [-0.4, -0.2) is 7.11 Å². The van der Waals surface area contributed by atoms with Crippen LogP contribution in [0.25, 0.3) is 0 Å². The smallest absolute Gasteiger partial charge is 0.161 e. The van der Waals surface area contributed by atoms with Gasteiger partial charge in [-0.3, -0.25) is 0 Å². The normalized spacial score (nSPS) is 12.2. The molecule has 0 aromatic heterocycles. The maximum Gasteiger partial charge on any atom is 0.161 e. The Labute approximate surface area is 126 Å². The summed E-state index contributed by atoms with van der Waals surface area (Å²) in [5.74, 6) is -2.40. The van der Waals surface area contributed by atoms with Crippen LogP contribution in [0.5, 0.6) is 5.75 Å². The van der Waals surface area contributed by atoms with Crippen LogP contribution in [-0.2, 0) is 6.42 Å². The van der Waals surface area contributed by atoms with E-state index in [1.807, 2.05) is 24.3 Å². The zero-order valence-electron chi connectivity index (χ0n) is 11.4. The maximum atomic E-state index is 13.6. The third-order valence-corrected chi connectivity index (χ3v) is 3.68. The molecule has 1 unspecified atom stereocenters. The molecule has 2 aromatic carbocycles. The first-order valence-electron chi connectivity index (χ1n) is 6.42. The van der Waals surface area contributed by atoms with Crippen molar-refractivity contribution in [2.24, 2.45) is 0 Å². The highest BCUT2D eigenvalue weighted by molar-refractivity contribution is 6.20. The third kappa shape index (κ3) is 3.91. The zero-order valence-corrected chi connectivity index (χ0v) is 12.1. The molecule has 0 heterocycles. The minimum absolute atomic E-state index is 0.0240. The summed E-state index contributed by atoms with van der Waals surface area (Å²) in [5, 5.41) is -0.720. The molecule has 0 bridgehead atoms. The molecule has 0 radical (unpaired) electrons. The van der Waals surface area contributed by atoms with Crippen molar-refractivity contribution in [3.8, 4) is 5.75 Å². The predicted octanol–water partition coefficient (Wildman–Crippen LogP) is 5.03. The van der Waals surface area contributed by atoms with Gasteiger partial charge in [0.1, 0.15) is 11.6 Å². The standard InChI is InChI=1S/C16H14ClF3O/c1-21-11-5-2-10(3-6-11)4-7-13(17)12-8-15(19)16(20)9-14(12)18/h2-3,5-6,8-9,13H,4,7H2,1H3. The number of ether oxygens (including phenoxy) is 1. The predicted molar refractivity (Wildman–Crippen MR) is 76.2 cm³/mol. The second-order valence-corrected chi connectivity index (χ2v) is 5.17. The van der Waals surface area contributed by atoms with Gasteiger partial charge in [0, 0.05) is 11.6 Å². The summed E-state index contributed by atoms with van der Waals surface area (Å²) in [6.07, 6.45) is 1.01. The van der Waals surface area contributed by atoms with E-state index in [4.69, 9.17) is 16.3 Å². The topological polar surface area (TPSA) is 9.23 Å². The molecule has 0 aliphatic carbocycles. The summed E-state index contributed by atoms with van der Waals surface area (Å²) in [7, 11) is 1.58. The van der Waals surface area contributed by atoms with Crippen LogP contribution >= 0.6 is 11.6 Å². The van der Waals surface area contributed by atoms with Gasteiger partial charge in [0.2, 0.25) is 0 Å². The molecule has 21 heavy (non-hydrogen) atoms. The Morgan fingerprint density at radius 1 is 1.00 bits per heavy atom. The van der Waals surface area contributed by atoms with Gasteiger partial charge in [-0.25, -0.2) is 13.2 Å². The minimum atomic E-state index is -1.21. The fraction of sp³-hybridized carbons (Fsp3) is 0.250. The van der Waals surface area contributed by atoms with Crippen molar-refractivity contribution < 1.29 is 17.9 Å². The van der Waals surface area contributed by atoms with E-state index in [0.717, 1.165) is 17.4 Å². The van der Waals surface area contributed by atoms with Gasteiger partial charge in [-0.05, 0) is 36.6 Å². The molecule has 1 nitrogen and oxygen atoms in total. The van der Waals surface area contributed by atoms with Crippen LogP contribution in [0.3, 0.4) is 0 Å². The lowest BCUT2D eigenvalue weighted by Gasteiger charge is -2.11. The highest BCUT2D eigenvalue weighted by Crippen LogP contribution is 2.29. The SMILES string of the molecule is COc1ccc(CCC(Cl)c2cc(F)c(F)cc2F)cc1. The van der Waals surface area contributed by atoms with Gasteiger partial charge in [-0.15, -0.1) is 11.6 Å². The van der Waals surface area contributed by atoms with Gasteiger partial charge in [0.05, 0.1) is 12.5 Å². The Balaban J connectivity index is 2.04. The average molecular weight is 315 g/mol. The summed E-state index contributed by atoms with van der Waals surface area (Å²) in [4.78, 5) is 0. The lowest BCUT2D eigenvalue weighted by atomic mass is 10.0. The molecule has 0 spiro atoms. The Kier molecular flexibility index (Phi) is 5.12. The van der Waals surface area contributed by atoms with Crippen molar-refractivity contribution in [1.82, 2.24) is 0 Å². The monoisotopic (exact) mass is 314 g/mol. The van der Waals surface area contributed by atoms with E-state index in [9.17, 15) is 13.2 Å². The minimum Gasteiger partial charge on any atom is -0.497 e. The average Bonchev–Trinajstić information content (AvgIpc) is 2.49. The number of hydrogen-bond acceptors (Lipinski definition) is 1. The Hall–Kier alpha value is -1.68. The number of aryl methyl sites for hydroxylation is 1. The van der Waals surface area contributed by atoms with Crippen LogP contribution in [0.4, 0.5) is 13.2 Å². The summed E-state index contributed by atoms with van der Waals surface area (Å²) in [5.41, 5.74) is 0.980. The largest absolute Gasteiger partial charge is 0.497 e. The number of hydrogen-bond donors (Lipinski definition) is 0. The molecule has 0 aliphatic rings. The number of alkyl halides is 1. The van der Waals surface area contributed by atoms with Crippen molar-refractivity contribution >= 4 is 11.6 Å². The molecule has 0 saturated heterocycles. The fourth-order valence-corrected chi connectivity index (χ4v) is 2.30. The molecule has 5 heteroatoms. The van der Waals surface area contributed by atoms with E-state index in [1.165, 1.54) is 0 Å². The molecular formula is C16H14ClF3O. The van der Waals surface area contributed by atoms with Gasteiger partial charge in [-0.1, -0.05) is 12.1 Å². The number of methoxy groups -OCH3 is 1. The molecule has 0 amide bonds. The molecule has 112 valence electrons. The molecule has 2 aromatic rings. The molecule has 1 atom stereocenters. The summed E-state index contributed by atoms with van der Waals surface area (Å²) in [6, 6.07) is 8.73. The van der Waals surface area contributed by atoms with Crippen LogP contribution < -0.4 is 4.74 Å². The van der Waals surface area contributed by atoms with Crippen molar-refractivity contribution in [2.45, 2.75) is 18.2 Å². The first-order valence-corrected chi connectivity index (χ1v) is 6.86. The Bertz CT molecular complexity index is 614. The van der Waals surface area contributed by atoms with E-state index >= 15 is 0 Å². The maximum absolute atomic E-state index is 13.6. The van der Waals surface area contributed by atoms with Crippen molar-refractivity contribution in [1.29, 1.82) is 0 Å². The van der Waals surface area contributed by atoms with E-state index in [-0.39, 0.29) is 5.56 Å². The Morgan fingerprint density at radius 2 is 1.62 bits per heavy atom. The molecule has 0 fully saturated rings. The quantitative estimate of drug-likeness (QED) is 0.556. The highest BCUT2D eigenvalue weighted by atomic mass is 35.5. The summed E-state index contributed by atoms with van der Waals surface area (Å²) >= 11 is 6.09. The molecule has 2 rings (SSSR count). The first-order chi connectivity index (χ1) is 10.0. The van der Waals surface area contributed by atoms with Crippen molar-refractivity contribution in [2.75, 3.05) is 7.11 Å². The second-order valence-electron chi connectivity index (χ2n) is 4.64. The van der Waals surface area contributed by atoms with E-state index in [2.05, 4.69) is 0 Å². The highest BCUT2D eigenvalue weighted by Gasteiger charge is 2.17. The molecule has 0 aliphatic heterocycles. The van der Waals surface area contributed by atoms with Crippen molar-refractivity contribution in [3.05, 3.63) is 65.0 Å². The van der Waals surface area contributed by atoms with Crippen molar-refractivity contribution in [3.63, 3.8) is 0 Å². The van der Waals surface area contributed by atoms with Gasteiger partial charge in [0.15, 0.2) is 11.6 Å². The second kappa shape index (κ2) is 6.85. The van der Waals surface area contributed by atoms with Gasteiger partial charge < -0.3 is 4.74 Å². The first kappa shape index (κ1) is 15.7. The lowest BCUT2D eigenvalue weighted by Crippen LogP contribution is -2.00. The lowest BCUT2D eigenvalue weighted by molar-refractivity contribution is 0.414. The summed E-state index contributed by atoms with van der Waals surface area (Å²) < 4.78 is 44.7. The molecule has 0 N–H and O–H groups in total. The number of halogens is 4. The fourth-order valence-electron chi connectivity index (χ4n) is 2.02. The van der Waals surface area contributed by atoms with Crippen LogP contribution in [0, 0.1) is 17.5 Å². The zero-order chi connectivity index (χ0) is 15.4. The Morgan fingerprint density at radius 3 is 2.24 bits per heavy atom. The molecular weight excluding hydrogens is 301 g/mol. The van der Waals surface area contributed by atoms with Gasteiger partial charge in [-0.2, -0.15) is 0 Å². The summed E-state index contributed by atoms with van der Waals surface area (Å²) in [6.45, 7) is 0. The van der Waals surface area contributed by atoms with E-state index in [0.29, 0.717) is 18.9 Å². The van der Waals surface area contributed by atoms with Gasteiger partial charge >= 0.3 is 0 Å². The van der Waals surface area contributed by atoms with E-state index in [1.54, 1.807) is 7.11 Å².